The van der Waals surface area contributed by atoms with Gasteiger partial charge in [-0.25, -0.2) is 0 Å². The van der Waals surface area contributed by atoms with Crippen molar-refractivity contribution in [2.24, 2.45) is 5.92 Å². The average Bonchev–Trinajstić information content (AvgIpc) is 3.37. The maximum atomic E-state index is 13.9. The summed E-state index contributed by atoms with van der Waals surface area (Å²) >= 11 is 0. The third-order valence-electron chi connectivity index (χ3n) is 10.5. The highest BCUT2D eigenvalue weighted by atomic mass is 16.5. The number of benzene rings is 3. The van der Waals surface area contributed by atoms with E-state index >= 15 is 0 Å². The molecule has 7 rings (SSSR count). The summed E-state index contributed by atoms with van der Waals surface area (Å²) in [7, 11) is 0. The minimum atomic E-state index is -1.01. The number of carbonyl (C=O) groups is 1. The van der Waals surface area contributed by atoms with Gasteiger partial charge >= 0.3 is 0 Å². The normalized spacial score (nSPS) is 29.0. The summed E-state index contributed by atoms with van der Waals surface area (Å²) in [5, 5.41) is 24.0. The molecule has 224 valence electrons. The monoisotopic (exact) mass is 578 g/mol. The van der Waals surface area contributed by atoms with Crippen LogP contribution in [-0.2, 0) is 23.1 Å². The second kappa shape index (κ2) is 10.8. The van der Waals surface area contributed by atoms with Crippen LogP contribution in [0.25, 0.3) is 6.08 Å². The van der Waals surface area contributed by atoms with Crippen molar-refractivity contribution in [1.82, 2.24) is 9.80 Å². The first-order valence-electron chi connectivity index (χ1n) is 15.9. The van der Waals surface area contributed by atoms with Gasteiger partial charge in [-0.3, -0.25) is 9.69 Å². The predicted octanol–water partition coefficient (Wildman–Crippen LogP) is 5.36. The second-order valence-electron chi connectivity index (χ2n) is 13.4. The fourth-order valence-electron chi connectivity index (χ4n) is 8.72. The van der Waals surface area contributed by atoms with Crippen molar-refractivity contribution in [3.63, 3.8) is 0 Å². The van der Waals surface area contributed by atoms with Crippen LogP contribution in [0.4, 0.5) is 0 Å². The molecule has 2 aliphatic heterocycles. The lowest BCUT2D eigenvalue weighted by Crippen LogP contribution is -2.78. The highest BCUT2D eigenvalue weighted by Gasteiger charge is 2.73. The Balaban J connectivity index is 1.25. The summed E-state index contributed by atoms with van der Waals surface area (Å²) in [6, 6.07) is 23.9. The van der Waals surface area contributed by atoms with E-state index in [2.05, 4.69) is 43.0 Å². The Morgan fingerprint density at radius 3 is 2.56 bits per heavy atom. The smallest absolute Gasteiger partial charge is 0.246 e. The Morgan fingerprint density at radius 1 is 1.07 bits per heavy atom. The standard InChI is InChI=1S/C37H42N2O4/c1-25(2)24-39(32(41)16-13-26-9-5-3-6-10-26)29-17-19-37(42)31-23-28-14-15-30(40)34-33(28)36(37,35(29)43-34)20-22-38(31)21-18-27-11-7-4-8-12-27/h3-16,25,29,31,35,40,42H,17-24H2,1-2H3/b16-13+/t29?,31-,35?,36+,37-/m1/s1. The molecule has 3 aromatic carbocycles. The first-order valence-corrected chi connectivity index (χ1v) is 15.9. The lowest BCUT2D eigenvalue weighted by Gasteiger charge is -2.65. The van der Waals surface area contributed by atoms with Gasteiger partial charge in [-0.1, -0.05) is 80.6 Å². The van der Waals surface area contributed by atoms with E-state index in [4.69, 9.17) is 4.74 Å². The number of carbonyl (C=O) groups excluding carboxylic acids is 1. The second-order valence-corrected chi connectivity index (χ2v) is 13.4. The number of aromatic hydroxyl groups is 1. The molecule has 4 aliphatic rings. The number of hydrogen-bond acceptors (Lipinski definition) is 5. The van der Waals surface area contributed by atoms with Crippen LogP contribution in [0.15, 0.2) is 78.9 Å². The molecular formula is C37H42N2O4. The van der Waals surface area contributed by atoms with Gasteiger partial charge in [0, 0.05) is 30.8 Å². The molecule has 1 amide bonds. The Labute approximate surface area is 254 Å². The molecule has 43 heavy (non-hydrogen) atoms. The molecule has 2 bridgehead atoms. The number of nitrogens with zero attached hydrogens (tertiary/aromatic N) is 2. The Kier molecular flexibility index (Phi) is 7.10. The van der Waals surface area contributed by atoms with E-state index in [1.807, 2.05) is 53.4 Å². The minimum absolute atomic E-state index is 0.0407. The van der Waals surface area contributed by atoms with Gasteiger partial charge in [-0.2, -0.15) is 0 Å². The Bertz CT molecular complexity index is 1520. The van der Waals surface area contributed by atoms with Crippen LogP contribution in [0.2, 0.25) is 0 Å². The molecule has 2 unspecified atom stereocenters. The van der Waals surface area contributed by atoms with E-state index < -0.39 is 17.1 Å². The molecule has 6 nitrogen and oxygen atoms in total. The van der Waals surface area contributed by atoms with Crippen LogP contribution in [0.5, 0.6) is 11.5 Å². The summed E-state index contributed by atoms with van der Waals surface area (Å²) < 4.78 is 6.78. The number of likely N-dealkylation sites (tertiary alicyclic amines) is 1. The number of phenolic OH excluding ortho intramolecular Hbond substituents is 1. The average molecular weight is 579 g/mol. The summed E-state index contributed by atoms with van der Waals surface area (Å²) in [4.78, 5) is 18.4. The lowest BCUT2D eigenvalue weighted by molar-refractivity contribution is -0.201. The van der Waals surface area contributed by atoms with Gasteiger partial charge in [0.25, 0.3) is 0 Å². The first kappa shape index (κ1) is 28.2. The predicted molar refractivity (Wildman–Crippen MR) is 168 cm³/mol. The number of piperidine rings is 1. The molecule has 6 heteroatoms. The van der Waals surface area contributed by atoms with Crippen LogP contribution < -0.4 is 4.74 Å². The highest BCUT2D eigenvalue weighted by molar-refractivity contribution is 5.92. The fourth-order valence-corrected chi connectivity index (χ4v) is 8.72. The zero-order valence-electron chi connectivity index (χ0n) is 25.2. The maximum absolute atomic E-state index is 13.9. The number of rotatable bonds is 8. The van der Waals surface area contributed by atoms with E-state index in [0.29, 0.717) is 25.1 Å². The van der Waals surface area contributed by atoms with E-state index in [1.165, 1.54) is 5.56 Å². The largest absolute Gasteiger partial charge is 0.504 e. The Hall–Kier alpha value is -3.61. The molecular weight excluding hydrogens is 536 g/mol. The van der Waals surface area contributed by atoms with Gasteiger partial charge < -0.3 is 19.8 Å². The van der Waals surface area contributed by atoms with E-state index in [1.54, 1.807) is 12.1 Å². The summed E-state index contributed by atoms with van der Waals surface area (Å²) in [5.41, 5.74) is 2.73. The van der Waals surface area contributed by atoms with Crippen molar-refractivity contribution in [3.05, 3.63) is 101 Å². The Morgan fingerprint density at radius 2 is 1.81 bits per heavy atom. The number of hydrogen-bond donors (Lipinski definition) is 2. The topological polar surface area (TPSA) is 73.2 Å². The molecule has 1 spiro atoms. The highest BCUT2D eigenvalue weighted by Crippen LogP contribution is 2.65. The van der Waals surface area contributed by atoms with Crippen molar-refractivity contribution in [2.45, 2.75) is 75.2 Å². The summed E-state index contributed by atoms with van der Waals surface area (Å²) in [5.74, 6) is 0.861. The molecule has 2 aliphatic carbocycles. The van der Waals surface area contributed by atoms with Crippen molar-refractivity contribution >= 4 is 12.0 Å². The van der Waals surface area contributed by atoms with Gasteiger partial charge in [-0.15, -0.1) is 0 Å². The van der Waals surface area contributed by atoms with Gasteiger partial charge in [0.05, 0.1) is 17.1 Å². The van der Waals surface area contributed by atoms with Crippen LogP contribution in [-0.4, -0.2) is 69.3 Å². The van der Waals surface area contributed by atoms with Crippen LogP contribution in [0, 0.1) is 5.92 Å². The summed E-state index contributed by atoms with van der Waals surface area (Å²) in [6.07, 6.45) is 6.74. The minimum Gasteiger partial charge on any atom is -0.504 e. The van der Waals surface area contributed by atoms with Gasteiger partial charge in [0.1, 0.15) is 6.10 Å². The van der Waals surface area contributed by atoms with E-state index in [9.17, 15) is 15.0 Å². The van der Waals surface area contributed by atoms with Crippen molar-refractivity contribution in [1.29, 1.82) is 0 Å². The molecule has 5 atom stereocenters. The molecule has 0 radical (unpaired) electrons. The third-order valence-corrected chi connectivity index (χ3v) is 10.5. The first-order chi connectivity index (χ1) is 20.8. The molecule has 0 aromatic heterocycles. The van der Waals surface area contributed by atoms with Crippen LogP contribution in [0.3, 0.4) is 0 Å². The summed E-state index contributed by atoms with van der Waals surface area (Å²) in [6.45, 7) is 6.58. The van der Waals surface area contributed by atoms with Crippen LogP contribution in [0.1, 0.15) is 55.4 Å². The number of amides is 1. The van der Waals surface area contributed by atoms with Crippen molar-refractivity contribution < 1.29 is 19.7 Å². The number of ether oxygens (including phenoxy) is 1. The molecule has 2 heterocycles. The number of aliphatic hydroxyl groups is 1. The van der Waals surface area contributed by atoms with Gasteiger partial charge in [-0.05, 0) is 73.4 Å². The molecule has 2 fully saturated rings. The molecule has 1 saturated heterocycles. The zero-order chi connectivity index (χ0) is 29.8. The third kappa shape index (κ3) is 4.49. The fraction of sp³-hybridized carbons (Fsp3) is 0.432. The van der Waals surface area contributed by atoms with E-state index in [0.717, 1.165) is 49.0 Å². The maximum Gasteiger partial charge on any atom is 0.246 e. The van der Waals surface area contributed by atoms with Crippen LogP contribution >= 0.6 is 0 Å². The van der Waals surface area contributed by atoms with Crippen molar-refractivity contribution in [3.8, 4) is 11.5 Å². The van der Waals surface area contributed by atoms with Gasteiger partial charge in [0.15, 0.2) is 11.5 Å². The lowest BCUT2D eigenvalue weighted by atomic mass is 9.48. The molecule has 3 aromatic rings. The van der Waals surface area contributed by atoms with Crippen molar-refractivity contribution in [2.75, 3.05) is 19.6 Å². The SMILES string of the molecule is CC(C)CN(C(=O)/C=C/c1ccccc1)C1CC[C@@]2(O)[C@H]3Cc4ccc(O)c5c4[C@@]2(CCN3CCc2ccccc2)C1O5. The van der Waals surface area contributed by atoms with E-state index in [-0.39, 0.29) is 29.7 Å². The quantitative estimate of drug-likeness (QED) is 0.353. The molecule has 2 N–H and O–H groups in total. The van der Waals surface area contributed by atoms with Gasteiger partial charge in [0.2, 0.25) is 5.91 Å². The zero-order valence-corrected chi connectivity index (χ0v) is 25.2. The number of phenols is 1. The molecule has 1 saturated carbocycles.